The van der Waals surface area contributed by atoms with Gasteiger partial charge in [0.05, 0.1) is 0 Å². The molecule has 0 aliphatic heterocycles. The predicted molar refractivity (Wildman–Crippen MR) is 44.8 cm³/mol. The fourth-order valence-corrected chi connectivity index (χ4v) is 1.10. The highest BCUT2D eigenvalue weighted by molar-refractivity contribution is 5.94. The summed E-state index contributed by atoms with van der Waals surface area (Å²) in [5, 5.41) is 0. The molecule has 76 valence electrons. The Balaban J connectivity index is 3.13. The van der Waals surface area contributed by atoms with Crippen molar-refractivity contribution >= 4 is 5.91 Å². The van der Waals surface area contributed by atoms with Crippen LogP contribution >= 0.6 is 0 Å². The summed E-state index contributed by atoms with van der Waals surface area (Å²) in [6.45, 7) is 0. The highest BCUT2D eigenvalue weighted by atomic mass is 19.3. The molecule has 1 rings (SSSR count). The quantitative estimate of drug-likeness (QED) is 0.802. The topological polar surface area (TPSA) is 43.1 Å². The zero-order valence-corrected chi connectivity index (χ0v) is 7.08. The van der Waals surface area contributed by atoms with Gasteiger partial charge in [-0.05, 0) is 6.07 Å². The SMILES string of the molecule is NC(=O)c1ccccc1C(F)C(F)F. The van der Waals surface area contributed by atoms with E-state index in [1.54, 1.807) is 0 Å². The van der Waals surface area contributed by atoms with Crippen LogP contribution in [0.4, 0.5) is 13.2 Å². The molecule has 0 saturated heterocycles. The van der Waals surface area contributed by atoms with Gasteiger partial charge in [-0.3, -0.25) is 4.79 Å². The Hall–Kier alpha value is -1.52. The van der Waals surface area contributed by atoms with Gasteiger partial charge < -0.3 is 5.73 Å². The molecule has 14 heavy (non-hydrogen) atoms. The molecule has 1 aromatic carbocycles. The molecule has 0 aliphatic carbocycles. The van der Waals surface area contributed by atoms with Crippen LogP contribution < -0.4 is 5.73 Å². The molecule has 0 fully saturated rings. The molecule has 1 atom stereocenters. The van der Waals surface area contributed by atoms with Crippen LogP contribution in [0.25, 0.3) is 0 Å². The molecule has 0 heterocycles. The van der Waals surface area contributed by atoms with Crippen LogP contribution in [-0.2, 0) is 0 Å². The average molecular weight is 203 g/mol. The van der Waals surface area contributed by atoms with Crippen molar-refractivity contribution in [1.29, 1.82) is 0 Å². The van der Waals surface area contributed by atoms with Crippen LogP contribution in [0.3, 0.4) is 0 Å². The van der Waals surface area contributed by atoms with E-state index < -0.39 is 18.5 Å². The second-order valence-electron chi connectivity index (χ2n) is 2.69. The lowest BCUT2D eigenvalue weighted by molar-refractivity contribution is 0.0490. The molecule has 0 saturated carbocycles. The number of hydrogen-bond acceptors (Lipinski definition) is 1. The highest BCUT2D eigenvalue weighted by Crippen LogP contribution is 2.27. The van der Waals surface area contributed by atoms with Gasteiger partial charge in [-0.15, -0.1) is 0 Å². The summed E-state index contributed by atoms with van der Waals surface area (Å²) in [5.41, 5.74) is 4.33. The van der Waals surface area contributed by atoms with Crippen LogP contribution in [0.2, 0.25) is 0 Å². The van der Waals surface area contributed by atoms with Crippen molar-refractivity contribution in [2.75, 3.05) is 0 Å². The van der Waals surface area contributed by atoms with Gasteiger partial charge in [0, 0.05) is 11.1 Å². The highest BCUT2D eigenvalue weighted by Gasteiger charge is 2.25. The normalized spacial score (nSPS) is 12.9. The third-order valence-corrected chi connectivity index (χ3v) is 1.74. The van der Waals surface area contributed by atoms with E-state index in [-0.39, 0.29) is 11.1 Å². The average Bonchev–Trinajstić information content (AvgIpc) is 2.16. The smallest absolute Gasteiger partial charge is 0.273 e. The molecule has 0 radical (unpaired) electrons. The molecule has 1 unspecified atom stereocenters. The van der Waals surface area contributed by atoms with Crippen LogP contribution in [0.5, 0.6) is 0 Å². The number of hydrogen-bond donors (Lipinski definition) is 1. The Morgan fingerprint density at radius 2 is 1.79 bits per heavy atom. The number of nitrogens with two attached hydrogens (primary N) is 1. The summed E-state index contributed by atoms with van der Waals surface area (Å²) in [6.07, 6.45) is -5.63. The summed E-state index contributed by atoms with van der Waals surface area (Å²) in [4.78, 5) is 10.8. The number of primary amides is 1. The van der Waals surface area contributed by atoms with E-state index in [1.165, 1.54) is 18.2 Å². The lowest BCUT2D eigenvalue weighted by Gasteiger charge is -2.10. The standard InChI is InChI=1S/C9H8F3NO/c10-7(8(11)12)5-3-1-2-4-6(5)9(13)14/h1-4,7-8H,(H2,13,14). The van der Waals surface area contributed by atoms with E-state index in [9.17, 15) is 18.0 Å². The molecule has 1 amide bonds. The van der Waals surface area contributed by atoms with Crippen molar-refractivity contribution in [3.05, 3.63) is 35.4 Å². The molecule has 1 aromatic rings. The fraction of sp³-hybridized carbons (Fsp3) is 0.222. The number of carbonyl (C=O) groups excluding carboxylic acids is 1. The maximum atomic E-state index is 12.9. The number of carbonyl (C=O) groups is 1. The summed E-state index contributed by atoms with van der Waals surface area (Å²) >= 11 is 0. The molecule has 0 aliphatic rings. The second kappa shape index (κ2) is 4.13. The first-order chi connectivity index (χ1) is 6.54. The van der Waals surface area contributed by atoms with Gasteiger partial charge in [-0.2, -0.15) is 0 Å². The first-order valence-corrected chi connectivity index (χ1v) is 3.85. The number of amides is 1. The molecular formula is C9H8F3NO. The first-order valence-electron chi connectivity index (χ1n) is 3.85. The summed E-state index contributed by atoms with van der Waals surface area (Å²) in [7, 11) is 0. The summed E-state index contributed by atoms with van der Waals surface area (Å²) in [6, 6.07) is 5.14. The van der Waals surface area contributed by atoms with Crippen LogP contribution in [0.15, 0.2) is 24.3 Å². The number of rotatable bonds is 3. The van der Waals surface area contributed by atoms with Gasteiger partial charge in [0.25, 0.3) is 6.43 Å². The number of alkyl halides is 3. The molecule has 2 N–H and O–H groups in total. The van der Waals surface area contributed by atoms with E-state index in [0.29, 0.717) is 0 Å². The lowest BCUT2D eigenvalue weighted by atomic mass is 10.0. The molecule has 0 spiro atoms. The van der Waals surface area contributed by atoms with E-state index in [1.807, 2.05) is 0 Å². The minimum atomic E-state index is -3.16. The van der Waals surface area contributed by atoms with Crippen LogP contribution in [0.1, 0.15) is 22.1 Å². The van der Waals surface area contributed by atoms with E-state index in [0.717, 1.165) is 6.07 Å². The maximum Gasteiger partial charge on any atom is 0.273 e. The first kappa shape index (κ1) is 10.6. The zero-order valence-electron chi connectivity index (χ0n) is 7.08. The second-order valence-corrected chi connectivity index (χ2v) is 2.69. The largest absolute Gasteiger partial charge is 0.366 e. The molecule has 0 bridgehead atoms. The monoisotopic (exact) mass is 203 g/mol. The number of benzene rings is 1. The van der Waals surface area contributed by atoms with Gasteiger partial charge in [0.2, 0.25) is 5.91 Å². The Bertz CT molecular complexity index is 341. The predicted octanol–water partition coefficient (Wildman–Crippen LogP) is 2.06. The summed E-state index contributed by atoms with van der Waals surface area (Å²) in [5.74, 6) is -0.913. The maximum absolute atomic E-state index is 12.9. The minimum Gasteiger partial charge on any atom is -0.366 e. The van der Waals surface area contributed by atoms with Gasteiger partial charge in [0.15, 0.2) is 6.17 Å². The Morgan fingerprint density at radius 3 is 2.29 bits per heavy atom. The van der Waals surface area contributed by atoms with Gasteiger partial charge in [0.1, 0.15) is 0 Å². The van der Waals surface area contributed by atoms with E-state index >= 15 is 0 Å². The third kappa shape index (κ3) is 2.04. The molecule has 5 heteroatoms. The van der Waals surface area contributed by atoms with Crippen molar-refractivity contribution in [2.45, 2.75) is 12.6 Å². The van der Waals surface area contributed by atoms with Crippen molar-refractivity contribution in [2.24, 2.45) is 5.73 Å². The van der Waals surface area contributed by atoms with Crippen LogP contribution in [-0.4, -0.2) is 12.3 Å². The van der Waals surface area contributed by atoms with Crippen molar-refractivity contribution in [1.82, 2.24) is 0 Å². The van der Waals surface area contributed by atoms with E-state index in [2.05, 4.69) is 0 Å². The Morgan fingerprint density at radius 1 is 1.21 bits per heavy atom. The van der Waals surface area contributed by atoms with E-state index in [4.69, 9.17) is 5.73 Å². The fourth-order valence-electron chi connectivity index (χ4n) is 1.10. The zero-order chi connectivity index (χ0) is 10.7. The minimum absolute atomic E-state index is 0.208. The molecular weight excluding hydrogens is 195 g/mol. The third-order valence-electron chi connectivity index (χ3n) is 1.74. The van der Waals surface area contributed by atoms with Crippen molar-refractivity contribution in [3.8, 4) is 0 Å². The lowest BCUT2D eigenvalue weighted by Crippen LogP contribution is -2.16. The van der Waals surface area contributed by atoms with Gasteiger partial charge in [-0.25, -0.2) is 13.2 Å². The van der Waals surface area contributed by atoms with Crippen molar-refractivity contribution < 1.29 is 18.0 Å². The summed E-state index contributed by atoms with van der Waals surface area (Å²) < 4.78 is 37.0. The molecule has 2 nitrogen and oxygen atoms in total. The Labute approximate surface area is 78.5 Å². The van der Waals surface area contributed by atoms with Crippen molar-refractivity contribution in [3.63, 3.8) is 0 Å². The van der Waals surface area contributed by atoms with Gasteiger partial charge >= 0.3 is 0 Å². The van der Waals surface area contributed by atoms with Crippen LogP contribution in [0, 0.1) is 0 Å². The number of halogens is 3. The Kier molecular flexibility index (Phi) is 3.11. The van der Waals surface area contributed by atoms with Gasteiger partial charge in [-0.1, -0.05) is 18.2 Å². The molecule has 0 aromatic heterocycles.